The third-order valence-electron chi connectivity index (χ3n) is 8.45. The molecule has 10 heteroatoms. The minimum atomic E-state index is -2.55. The van der Waals surface area contributed by atoms with Crippen LogP contribution in [0.2, 0.25) is 0 Å². The normalized spacial score (nSPS) is 21.0. The van der Waals surface area contributed by atoms with Crippen LogP contribution in [0.1, 0.15) is 67.0 Å². The first-order chi connectivity index (χ1) is 18.3. The lowest BCUT2D eigenvalue weighted by Crippen LogP contribution is -2.49. The molecular formula is C28H32F3N5O2. The fourth-order valence-corrected chi connectivity index (χ4v) is 6.00. The van der Waals surface area contributed by atoms with Crippen molar-refractivity contribution in [2.75, 3.05) is 38.2 Å². The summed E-state index contributed by atoms with van der Waals surface area (Å²) >= 11 is 0. The molecule has 0 N–H and O–H groups in total. The van der Waals surface area contributed by atoms with Gasteiger partial charge in [-0.25, -0.2) is 27.6 Å². The minimum Gasteiger partial charge on any atom is -0.464 e. The zero-order chi connectivity index (χ0) is 26.4. The molecule has 2 saturated heterocycles. The van der Waals surface area contributed by atoms with Gasteiger partial charge in [-0.15, -0.1) is 0 Å². The number of piperidine rings is 2. The Hall–Kier alpha value is -3.14. The van der Waals surface area contributed by atoms with E-state index in [1.807, 2.05) is 0 Å². The van der Waals surface area contributed by atoms with E-state index in [2.05, 4.69) is 14.8 Å². The lowest BCUT2D eigenvalue weighted by Gasteiger charge is -2.42. The number of carbonyl (C=O) groups is 1. The SMILES string of the molecule is COC(=O)c1cc(N2CCC(N3CCC(F)(F)CC3)CC2)c2c(C3CCC3)nn(-c3ccc(F)cc3)c2n1. The molecule has 2 aliphatic heterocycles. The highest BCUT2D eigenvalue weighted by Gasteiger charge is 2.38. The van der Waals surface area contributed by atoms with E-state index in [1.165, 1.54) is 19.2 Å². The van der Waals surface area contributed by atoms with Crippen LogP contribution in [-0.4, -0.2) is 70.9 Å². The van der Waals surface area contributed by atoms with Crippen molar-refractivity contribution in [3.8, 4) is 5.69 Å². The van der Waals surface area contributed by atoms with Crippen LogP contribution in [0, 0.1) is 5.82 Å². The molecule has 1 aromatic carbocycles. The van der Waals surface area contributed by atoms with Crippen LogP contribution in [0.3, 0.4) is 0 Å². The largest absolute Gasteiger partial charge is 0.464 e. The van der Waals surface area contributed by atoms with Gasteiger partial charge in [-0.2, -0.15) is 5.10 Å². The van der Waals surface area contributed by atoms with Crippen LogP contribution in [0.15, 0.2) is 30.3 Å². The van der Waals surface area contributed by atoms with Crippen LogP contribution in [0.5, 0.6) is 0 Å². The van der Waals surface area contributed by atoms with E-state index in [9.17, 15) is 18.0 Å². The Morgan fingerprint density at radius 2 is 1.71 bits per heavy atom. The second kappa shape index (κ2) is 9.87. The Morgan fingerprint density at radius 3 is 2.32 bits per heavy atom. The van der Waals surface area contributed by atoms with Gasteiger partial charge in [0.1, 0.15) is 5.82 Å². The fraction of sp³-hybridized carbons (Fsp3) is 0.536. The van der Waals surface area contributed by atoms with E-state index in [1.54, 1.807) is 22.9 Å². The number of fused-ring (bicyclic) bond motifs is 1. The van der Waals surface area contributed by atoms with Gasteiger partial charge in [0.15, 0.2) is 11.3 Å². The molecule has 0 radical (unpaired) electrons. The number of likely N-dealkylation sites (tertiary alicyclic amines) is 1. The lowest BCUT2D eigenvalue weighted by atomic mass is 9.82. The Bertz CT molecular complexity index is 1320. The zero-order valence-corrected chi connectivity index (χ0v) is 21.5. The predicted octanol–water partition coefficient (Wildman–Crippen LogP) is 5.31. The van der Waals surface area contributed by atoms with E-state index in [0.29, 0.717) is 30.3 Å². The summed E-state index contributed by atoms with van der Waals surface area (Å²) in [6.45, 7) is 2.34. The molecule has 2 aromatic heterocycles. The number of methoxy groups -OCH3 is 1. The first-order valence-electron chi connectivity index (χ1n) is 13.5. The van der Waals surface area contributed by atoms with E-state index >= 15 is 0 Å². The quantitative estimate of drug-likeness (QED) is 0.419. The monoisotopic (exact) mass is 527 g/mol. The first-order valence-corrected chi connectivity index (χ1v) is 13.5. The van der Waals surface area contributed by atoms with Crippen molar-refractivity contribution in [2.45, 2.75) is 62.8 Å². The van der Waals surface area contributed by atoms with E-state index in [4.69, 9.17) is 9.84 Å². The Morgan fingerprint density at radius 1 is 1.03 bits per heavy atom. The van der Waals surface area contributed by atoms with Crippen molar-refractivity contribution in [1.29, 1.82) is 0 Å². The van der Waals surface area contributed by atoms with Crippen molar-refractivity contribution in [2.24, 2.45) is 0 Å². The molecule has 3 fully saturated rings. The second-order valence-corrected chi connectivity index (χ2v) is 10.7. The molecule has 1 saturated carbocycles. The molecule has 38 heavy (non-hydrogen) atoms. The van der Waals surface area contributed by atoms with Crippen molar-refractivity contribution >= 4 is 22.7 Å². The highest BCUT2D eigenvalue weighted by atomic mass is 19.3. The fourth-order valence-electron chi connectivity index (χ4n) is 6.00. The number of carbonyl (C=O) groups excluding carboxylic acids is 1. The van der Waals surface area contributed by atoms with Crippen LogP contribution >= 0.6 is 0 Å². The Balaban J connectivity index is 1.38. The topological polar surface area (TPSA) is 63.5 Å². The summed E-state index contributed by atoms with van der Waals surface area (Å²) in [5.41, 5.74) is 3.27. The highest BCUT2D eigenvalue weighted by Crippen LogP contribution is 2.43. The standard InChI is InChI=1S/C28H32F3N5O2/c1-38-27(37)22-17-23(35-13-9-20(10-14-35)34-15-11-28(30,31)12-16-34)24-25(18-3-2-4-18)33-36(26(24)32-22)21-7-5-19(29)6-8-21/h5-8,17-18,20H,2-4,9-16H2,1H3. The Labute approximate surface area is 219 Å². The molecule has 0 spiro atoms. The molecule has 4 heterocycles. The summed E-state index contributed by atoms with van der Waals surface area (Å²) < 4.78 is 47.8. The first kappa shape index (κ1) is 25.2. The molecule has 0 amide bonds. The van der Waals surface area contributed by atoms with E-state index < -0.39 is 11.9 Å². The lowest BCUT2D eigenvalue weighted by molar-refractivity contribution is -0.0646. The molecule has 0 unspecified atom stereocenters. The number of rotatable bonds is 5. The number of pyridine rings is 1. The Kier molecular flexibility index (Phi) is 6.53. The smallest absolute Gasteiger partial charge is 0.356 e. The van der Waals surface area contributed by atoms with Gasteiger partial charge in [0.25, 0.3) is 5.92 Å². The number of benzene rings is 1. The van der Waals surface area contributed by atoms with Gasteiger partial charge in [0.2, 0.25) is 0 Å². The van der Waals surface area contributed by atoms with E-state index in [0.717, 1.165) is 62.0 Å². The summed E-state index contributed by atoms with van der Waals surface area (Å²) in [6, 6.07) is 8.16. The van der Waals surface area contributed by atoms with Gasteiger partial charge in [0.05, 0.1) is 29.6 Å². The molecule has 7 nitrogen and oxygen atoms in total. The van der Waals surface area contributed by atoms with Crippen molar-refractivity contribution in [3.63, 3.8) is 0 Å². The number of nitrogens with zero attached hydrogens (tertiary/aromatic N) is 5. The third-order valence-corrected chi connectivity index (χ3v) is 8.45. The zero-order valence-electron chi connectivity index (χ0n) is 21.5. The van der Waals surface area contributed by atoms with Crippen molar-refractivity contribution in [3.05, 3.63) is 47.5 Å². The molecule has 6 rings (SSSR count). The minimum absolute atomic E-state index is 0.0754. The van der Waals surface area contributed by atoms with Gasteiger partial charge in [-0.1, -0.05) is 6.42 Å². The molecule has 0 bridgehead atoms. The third kappa shape index (κ3) is 4.63. The maximum Gasteiger partial charge on any atom is 0.356 e. The second-order valence-electron chi connectivity index (χ2n) is 10.7. The number of hydrogen-bond acceptors (Lipinski definition) is 6. The molecule has 1 aliphatic carbocycles. The maximum absolute atomic E-state index is 13.7. The summed E-state index contributed by atoms with van der Waals surface area (Å²) in [4.78, 5) is 21.8. The van der Waals surface area contributed by atoms with Crippen molar-refractivity contribution < 1.29 is 22.7 Å². The van der Waals surface area contributed by atoms with Gasteiger partial charge in [-0.05, 0) is 56.0 Å². The van der Waals surface area contributed by atoms with Crippen LogP contribution < -0.4 is 4.90 Å². The summed E-state index contributed by atoms with van der Waals surface area (Å²) in [5.74, 6) is -3.12. The molecule has 0 atom stereocenters. The summed E-state index contributed by atoms with van der Waals surface area (Å²) in [6.07, 6.45) is 4.77. The number of hydrogen-bond donors (Lipinski definition) is 0. The molecule has 3 aliphatic rings. The van der Waals surface area contributed by atoms with Gasteiger partial charge < -0.3 is 9.64 Å². The predicted molar refractivity (Wildman–Crippen MR) is 138 cm³/mol. The van der Waals surface area contributed by atoms with Crippen LogP contribution in [0.4, 0.5) is 18.9 Å². The summed E-state index contributed by atoms with van der Waals surface area (Å²) in [7, 11) is 1.33. The van der Waals surface area contributed by atoms with Gasteiger partial charge in [0, 0.05) is 51.0 Å². The average molecular weight is 528 g/mol. The number of alkyl halides is 2. The number of aromatic nitrogens is 3. The van der Waals surface area contributed by atoms with Crippen LogP contribution in [0.25, 0.3) is 16.7 Å². The number of halogens is 3. The van der Waals surface area contributed by atoms with Gasteiger partial charge in [-0.3, -0.25) is 4.90 Å². The molecule has 3 aromatic rings. The number of anilines is 1. The van der Waals surface area contributed by atoms with Crippen LogP contribution in [-0.2, 0) is 4.74 Å². The average Bonchev–Trinajstić information content (AvgIpc) is 3.26. The highest BCUT2D eigenvalue weighted by molar-refractivity contribution is 5.99. The maximum atomic E-state index is 13.7. The number of ether oxygens (including phenoxy) is 1. The molecular weight excluding hydrogens is 495 g/mol. The summed E-state index contributed by atoms with van der Waals surface area (Å²) in [5, 5.41) is 5.89. The molecule has 202 valence electrons. The van der Waals surface area contributed by atoms with Crippen molar-refractivity contribution in [1.82, 2.24) is 19.7 Å². The van der Waals surface area contributed by atoms with Gasteiger partial charge >= 0.3 is 5.97 Å². The number of esters is 1. The van der Waals surface area contributed by atoms with E-state index in [-0.39, 0.29) is 30.4 Å².